The van der Waals surface area contributed by atoms with Gasteiger partial charge in [-0.05, 0) is 37.0 Å². The van der Waals surface area contributed by atoms with E-state index in [0.29, 0.717) is 5.92 Å². The van der Waals surface area contributed by atoms with E-state index in [0.717, 1.165) is 31.9 Å². The summed E-state index contributed by atoms with van der Waals surface area (Å²) in [6.07, 6.45) is 7.65. The fourth-order valence-corrected chi connectivity index (χ4v) is 2.75. The highest BCUT2D eigenvalue weighted by atomic mass is 15.1. The zero-order chi connectivity index (χ0) is 12.7. The Balaban J connectivity index is 1.53. The summed E-state index contributed by atoms with van der Waals surface area (Å²) in [5.41, 5.74) is 3.86. The van der Waals surface area contributed by atoms with E-state index in [1.54, 1.807) is 0 Å². The molecule has 4 heteroatoms. The first kappa shape index (κ1) is 11.2. The summed E-state index contributed by atoms with van der Waals surface area (Å²) in [6, 6.07) is 4.20. The summed E-state index contributed by atoms with van der Waals surface area (Å²) in [7, 11) is 0. The standard InChI is InChI=1S/C15H18N4/c1-2-13(16-6-1)9-19-7-5-12-8-17-15(11-3-4-11)18-14(12)10-19/h1-2,6,8,11,16H,3-5,7,9-10H2. The maximum absolute atomic E-state index is 4.79. The second-order valence-electron chi connectivity index (χ2n) is 5.63. The third kappa shape index (κ3) is 2.28. The fraction of sp³-hybridized carbons (Fsp3) is 0.467. The monoisotopic (exact) mass is 254 g/mol. The van der Waals surface area contributed by atoms with E-state index in [4.69, 9.17) is 4.98 Å². The quantitative estimate of drug-likeness (QED) is 0.913. The summed E-state index contributed by atoms with van der Waals surface area (Å²) >= 11 is 0. The maximum Gasteiger partial charge on any atom is 0.131 e. The zero-order valence-electron chi connectivity index (χ0n) is 11.0. The molecule has 0 saturated heterocycles. The lowest BCUT2D eigenvalue weighted by Crippen LogP contribution is -2.31. The van der Waals surface area contributed by atoms with Crippen LogP contribution in [0.15, 0.2) is 24.5 Å². The number of rotatable bonds is 3. The topological polar surface area (TPSA) is 44.8 Å². The Labute approximate surface area is 112 Å². The maximum atomic E-state index is 4.79. The molecule has 2 aromatic heterocycles. The summed E-state index contributed by atoms with van der Waals surface area (Å²) in [5.74, 6) is 1.71. The molecule has 1 saturated carbocycles. The lowest BCUT2D eigenvalue weighted by Gasteiger charge is -2.27. The molecule has 0 radical (unpaired) electrons. The smallest absolute Gasteiger partial charge is 0.131 e. The van der Waals surface area contributed by atoms with Gasteiger partial charge in [0.05, 0.1) is 5.69 Å². The van der Waals surface area contributed by atoms with Gasteiger partial charge in [0, 0.05) is 43.6 Å². The first-order valence-corrected chi connectivity index (χ1v) is 7.08. The van der Waals surface area contributed by atoms with Crippen molar-refractivity contribution in [3.8, 4) is 0 Å². The molecular formula is C15H18N4. The van der Waals surface area contributed by atoms with Crippen molar-refractivity contribution in [1.29, 1.82) is 0 Å². The number of H-pyrrole nitrogens is 1. The summed E-state index contributed by atoms with van der Waals surface area (Å²) < 4.78 is 0. The average Bonchev–Trinajstić information content (AvgIpc) is 3.17. The highest BCUT2D eigenvalue weighted by Crippen LogP contribution is 2.38. The van der Waals surface area contributed by atoms with E-state index >= 15 is 0 Å². The third-order valence-corrected chi connectivity index (χ3v) is 4.04. The van der Waals surface area contributed by atoms with E-state index < -0.39 is 0 Å². The van der Waals surface area contributed by atoms with E-state index in [-0.39, 0.29) is 0 Å². The predicted octanol–water partition coefficient (Wildman–Crippen LogP) is 2.24. The van der Waals surface area contributed by atoms with Gasteiger partial charge in [-0.3, -0.25) is 4.90 Å². The minimum Gasteiger partial charge on any atom is -0.364 e. The molecule has 2 aliphatic rings. The number of fused-ring (bicyclic) bond motifs is 1. The van der Waals surface area contributed by atoms with Gasteiger partial charge in [0.2, 0.25) is 0 Å². The largest absolute Gasteiger partial charge is 0.364 e. The molecule has 0 spiro atoms. The Bertz CT molecular complexity index is 572. The molecule has 98 valence electrons. The van der Waals surface area contributed by atoms with E-state index in [2.05, 4.69) is 33.2 Å². The molecule has 1 aliphatic heterocycles. The minimum absolute atomic E-state index is 0.643. The number of nitrogens with one attached hydrogen (secondary N) is 1. The van der Waals surface area contributed by atoms with Gasteiger partial charge in [0.25, 0.3) is 0 Å². The van der Waals surface area contributed by atoms with Crippen LogP contribution in [0.25, 0.3) is 0 Å². The van der Waals surface area contributed by atoms with Crippen LogP contribution in [0.3, 0.4) is 0 Å². The van der Waals surface area contributed by atoms with Gasteiger partial charge in [-0.2, -0.15) is 0 Å². The zero-order valence-corrected chi connectivity index (χ0v) is 11.0. The molecule has 1 aliphatic carbocycles. The van der Waals surface area contributed by atoms with Crippen LogP contribution in [0, 0.1) is 0 Å². The van der Waals surface area contributed by atoms with Gasteiger partial charge in [0.15, 0.2) is 0 Å². The van der Waals surface area contributed by atoms with Crippen LogP contribution in [-0.4, -0.2) is 26.4 Å². The van der Waals surface area contributed by atoms with Crippen molar-refractivity contribution in [3.63, 3.8) is 0 Å². The molecule has 0 unspecified atom stereocenters. The Morgan fingerprint density at radius 1 is 1.37 bits per heavy atom. The van der Waals surface area contributed by atoms with Crippen molar-refractivity contribution in [2.75, 3.05) is 6.54 Å². The van der Waals surface area contributed by atoms with Crippen molar-refractivity contribution in [2.45, 2.75) is 38.3 Å². The summed E-state index contributed by atoms with van der Waals surface area (Å²) in [6.45, 7) is 3.03. The average molecular weight is 254 g/mol. The molecule has 2 aromatic rings. The summed E-state index contributed by atoms with van der Waals surface area (Å²) in [5, 5.41) is 0. The number of nitrogens with zero attached hydrogens (tertiary/aromatic N) is 3. The number of aromatic nitrogens is 3. The highest BCUT2D eigenvalue weighted by molar-refractivity contribution is 5.23. The van der Waals surface area contributed by atoms with Crippen LogP contribution >= 0.6 is 0 Å². The Hall–Kier alpha value is -1.68. The first-order valence-electron chi connectivity index (χ1n) is 7.08. The minimum atomic E-state index is 0.643. The summed E-state index contributed by atoms with van der Waals surface area (Å²) in [4.78, 5) is 15.0. The predicted molar refractivity (Wildman–Crippen MR) is 72.6 cm³/mol. The van der Waals surface area contributed by atoms with Crippen molar-refractivity contribution in [3.05, 3.63) is 47.3 Å². The van der Waals surface area contributed by atoms with Gasteiger partial charge >= 0.3 is 0 Å². The molecule has 0 aromatic carbocycles. The lowest BCUT2D eigenvalue weighted by molar-refractivity contribution is 0.238. The van der Waals surface area contributed by atoms with Crippen LogP contribution in [0.2, 0.25) is 0 Å². The van der Waals surface area contributed by atoms with Crippen LogP contribution in [0.5, 0.6) is 0 Å². The number of hydrogen-bond donors (Lipinski definition) is 1. The van der Waals surface area contributed by atoms with E-state index in [1.165, 1.54) is 29.8 Å². The number of hydrogen-bond acceptors (Lipinski definition) is 3. The molecular weight excluding hydrogens is 236 g/mol. The molecule has 19 heavy (non-hydrogen) atoms. The normalized spacial score (nSPS) is 19.4. The number of aromatic amines is 1. The van der Waals surface area contributed by atoms with Crippen LogP contribution in [-0.2, 0) is 19.5 Å². The SMILES string of the molecule is c1c[nH]c(CN2CCc3cnc(C4CC4)nc3C2)c1. The van der Waals surface area contributed by atoms with Crippen molar-refractivity contribution in [1.82, 2.24) is 19.9 Å². The van der Waals surface area contributed by atoms with Crippen molar-refractivity contribution in [2.24, 2.45) is 0 Å². The molecule has 1 fully saturated rings. The second kappa shape index (κ2) is 4.46. The van der Waals surface area contributed by atoms with Gasteiger partial charge in [-0.15, -0.1) is 0 Å². The van der Waals surface area contributed by atoms with Gasteiger partial charge < -0.3 is 4.98 Å². The molecule has 1 N–H and O–H groups in total. The molecule has 0 amide bonds. The van der Waals surface area contributed by atoms with Crippen molar-refractivity contribution < 1.29 is 0 Å². The fourth-order valence-electron chi connectivity index (χ4n) is 2.75. The lowest BCUT2D eigenvalue weighted by atomic mass is 10.1. The molecule has 3 heterocycles. The second-order valence-corrected chi connectivity index (χ2v) is 5.63. The Kier molecular flexibility index (Phi) is 2.62. The molecule has 0 atom stereocenters. The highest BCUT2D eigenvalue weighted by Gasteiger charge is 2.28. The van der Waals surface area contributed by atoms with Gasteiger partial charge in [-0.1, -0.05) is 0 Å². The van der Waals surface area contributed by atoms with Gasteiger partial charge in [-0.25, -0.2) is 9.97 Å². The third-order valence-electron chi connectivity index (χ3n) is 4.04. The van der Waals surface area contributed by atoms with Crippen LogP contribution in [0.1, 0.15) is 41.5 Å². The van der Waals surface area contributed by atoms with E-state index in [1.807, 2.05) is 6.20 Å². The molecule has 4 rings (SSSR count). The van der Waals surface area contributed by atoms with Crippen LogP contribution in [0.4, 0.5) is 0 Å². The first-order chi connectivity index (χ1) is 9.38. The van der Waals surface area contributed by atoms with Crippen LogP contribution < -0.4 is 0 Å². The van der Waals surface area contributed by atoms with E-state index in [9.17, 15) is 0 Å². The van der Waals surface area contributed by atoms with Gasteiger partial charge in [0.1, 0.15) is 5.82 Å². The Morgan fingerprint density at radius 3 is 3.11 bits per heavy atom. The Morgan fingerprint density at radius 2 is 2.32 bits per heavy atom. The van der Waals surface area contributed by atoms with Crippen molar-refractivity contribution >= 4 is 0 Å². The molecule has 4 nitrogen and oxygen atoms in total. The molecule has 0 bridgehead atoms.